The highest BCUT2D eigenvalue weighted by molar-refractivity contribution is 7.13. The number of methoxy groups -OCH3 is 1. The number of benzene rings is 1. The number of aryl methyl sites for hydroxylation is 1. The second-order valence-corrected chi connectivity index (χ2v) is 5.96. The van der Waals surface area contributed by atoms with Crippen molar-refractivity contribution in [2.45, 2.75) is 6.92 Å². The molecule has 8 nitrogen and oxygen atoms in total. The van der Waals surface area contributed by atoms with Crippen molar-refractivity contribution in [3.05, 3.63) is 50.2 Å². The lowest BCUT2D eigenvalue weighted by atomic mass is 10.2. The number of ether oxygens (including phenoxy) is 2. The van der Waals surface area contributed by atoms with E-state index in [9.17, 15) is 19.7 Å². The molecule has 1 heterocycles. The lowest BCUT2D eigenvalue weighted by Gasteiger charge is -2.08. The fourth-order valence-electron chi connectivity index (χ4n) is 1.83. The number of rotatable bonds is 6. The predicted octanol–water partition coefficient (Wildman–Crippen LogP) is 2.77. The highest BCUT2D eigenvalue weighted by Crippen LogP contribution is 2.28. The summed E-state index contributed by atoms with van der Waals surface area (Å²) in [6, 6.07) is 7.38. The molecule has 1 amide bonds. The standard InChI is InChI=1S/C15H14N2O6S/c1-9-3-6-13(24-9)15(19)23-8-14(18)16-11-5-4-10(22-2)7-12(11)17(20)21/h3-7H,8H2,1-2H3,(H,16,18). The third-order valence-electron chi connectivity index (χ3n) is 2.95. The molecule has 1 aromatic heterocycles. The number of nitrogens with one attached hydrogen (secondary N) is 1. The van der Waals surface area contributed by atoms with Gasteiger partial charge in [0.1, 0.15) is 16.3 Å². The first kappa shape index (κ1) is 17.4. The molecular weight excluding hydrogens is 336 g/mol. The van der Waals surface area contributed by atoms with Gasteiger partial charge in [0.15, 0.2) is 6.61 Å². The van der Waals surface area contributed by atoms with Crippen LogP contribution in [0.25, 0.3) is 0 Å². The minimum absolute atomic E-state index is 0.00572. The van der Waals surface area contributed by atoms with Gasteiger partial charge in [-0.3, -0.25) is 14.9 Å². The zero-order valence-electron chi connectivity index (χ0n) is 12.9. The van der Waals surface area contributed by atoms with Crippen molar-refractivity contribution in [3.8, 4) is 5.75 Å². The molecule has 0 saturated carbocycles. The molecule has 9 heteroatoms. The minimum atomic E-state index is -0.676. The molecular formula is C15H14N2O6S. The van der Waals surface area contributed by atoms with Crippen molar-refractivity contribution in [1.82, 2.24) is 0 Å². The van der Waals surface area contributed by atoms with E-state index in [-0.39, 0.29) is 11.4 Å². The number of hydrogen-bond donors (Lipinski definition) is 1. The Kier molecular flexibility index (Phi) is 5.48. The first-order chi connectivity index (χ1) is 11.4. The van der Waals surface area contributed by atoms with E-state index in [1.807, 2.05) is 6.92 Å². The van der Waals surface area contributed by atoms with Crippen LogP contribution in [0.1, 0.15) is 14.5 Å². The zero-order chi connectivity index (χ0) is 17.7. The highest BCUT2D eigenvalue weighted by Gasteiger charge is 2.18. The molecule has 24 heavy (non-hydrogen) atoms. The molecule has 0 atom stereocenters. The molecule has 0 unspecified atom stereocenters. The van der Waals surface area contributed by atoms with E-state index < -0.39 is 23.4 Å². The molecule has 0 aliphatic heterocycles. The highest BCUT2D eigenvalue weighted by atomic mass is 32.1. The average Bonchev–Trinajstić information content (AvgIpc) is 2.99. The van der Waals surface area contributed by atoms with Crippen LogP contribution < -0.4 is 10.1 Å². The lowest BCUT2D eigenvalue weighted by Crippen LogP contribution is -2.21. The fourth-order valence-corrected chi connectivity index (χ4v) is 2.59. The number of carbonyl (C=O) groups excluding carboxylic acids is 2. The molecule has 1 N–H and O–H groups in total. The summed E-state index contributed by atoms with van der Waals surface area (Å²) in [6.07, 6.45) is 0. The third kappa shape index (κ3) is 4.29. The van der Waals surface area contributed by atoms with Gasteiger partial charge in [-0.15, -0.1) is 11.3 Å². The Morgan fingerprint density at radius 1 is 1.29 bits per heavy atom. The van der Waals surface area contributed by atoms with Crippen molar-refractivity contribution < 1.29 is 24.0 Å². The van der Waals surface area contributed by atoms with Gasteiger partial charge in [-0.2, -0.15) is 0 Å². The van der Waals surface area contributed by atoms with Crippen molar-refractivity contribution in [2.24, 2.45) is 0 Å². The molecule has 0 spiro atoms. The van der Waals surface area contributed by atoms with Gasteiger partial charge in [0.05, 0.1) is 18.1 Å². The number of thiophene rings is 1. The average molecular weight is 350 g/mol. The van der Waals surface area contributed by atoms with Gasteiger partial charge in [-0.1, -0.05) is 0 Å². The summed E-state index contributed by atoms with van der Waals surface area (Å²) < 4.78 is 9.80. The van der Waals surface area contributed by atoms with Gasteiger partial charge >= 0.3 is 5.97 Å². The first-order valence-corrected chi connectivity index (χ1v) is 7.58. The van der Waals surface area contributed by atoms with E-state index in [0.29, 0.717) is 10.6 Å². The maximum atomic E-state index is 11.8. The van der Waals surface area contributed by atoms with E-state index in [1.165, 1.54) is 36.6 Å². The van der Waals surface area contributed by atoms with Crippen LogP contribution in [0.3, 0.4) is 0 Å². The Morgan fingerprint density at radius 3 is 2.62 bits per heavy atom. The minimum Gasteiger partial charge on any atom is -0.496 e. The second kappa shape index (κ2) is 7.55. The Hall–Kier alpha value is -2.94. The lowest BCUT2D eigenvalue weighted by molar-refractivity contribution is -0.384. The zero-order valence-corrected chi connectivity index (χ0v) is 13.7. The monoisotopic (exact) mass is 350 g/mol. The van der Waals surface area contributed by atoms with Crippen LogP contribution in [-0.2, 0) is 9.53 Å². The molecule has 0 saturated heterocycles. The summed E-state index contributed by atoms with van der Waals surface area (Å²) in [7, 11) is 1.38. The third-order valence-corrected chi connectivity index (χ3v) is 3.93. The van der Waals surface area contributed by atoms with Crippen molar-refractivity contribution in [3.63, 3.8) is 0 Å². The molecule has 2 rings (SSSR count). The van der Waals surface area contributed by atoms with E-state index in [1.54, 1.807) is 12.1 Å². The first-order valence-electron chi connectivity index (χ1n) is 6.76. The topological polar surface area (TPSA) is 108 Å². The van der Waals surface area contributed by atoms with E-state index in [2.05, 4.69) is 5.32 Å². The van der Waals surface area contributed by atoms with Crippen molar-refractivity contribution >= 4 is 34.6 Å². The maximum absolute atomic E-state index is 11.8. The Morgan fingerprint density at radius 2 is 2.04 bits per heavy atom. The number of nitrogens with zero attached hydrogens (tertiary/aromatic N) is 1. The Labute approximate surface area is 141 Å². The number of carbonyl (C=O) groups is 2. The predicted molar refractivity (Wildman–Crippen MR) is 87.6 cm³/mol. The maximum Gasteiger partial charge on any atom is 0.348 e. The number of esters is 1. The van der Waals surface area contributed by atoms with Crippen LogP contribution in [0.2, 0.25) is 0 Å². The second-order valence-electron chi connectivity index (χ2n) is 4.67. The van der Waals surface area contributed by atoms with Crippen LogP contribution in [0.15, 0.2) is 30.3 Å². The molecule has 1 aromatic carbocycles. The van der Waals surface area contributed by atoms with Gasteiger partial charge in [0, 0.05) is 4.88 Å². The number of nitro benzene ring substituents is 1. The normalized spacial score (nSPS) is 10.1. The molecule has 0 bridgehead atoms. The van der Waals surface area contributed by atoms with Crippen LogP contribution in [0.5, 0.6) is 5.75 Å². The quantitative estimate of drug-likeness (QED) is 0.487. The van der Waals surface area contributed by atoms with Gasteiger partial charge < -0.3 is 14.8 Å². The van der Waals surface area contributed by atoms with Crippen molar-refractivity contribution in [1.29, 1.82) is 0 Å². The summed E-state index contributed by atoms with van der Waals surface area (Å²) in [5.41, 5.74) is -0.322. The van der Waals surface area contributed by atoms with E-state index in [0.717, 1.165) is 4.88 Å². The number of nitro groups is 1. The van der Waals surface area contributed by atoms with Gasteiger partial charge in [0.2, 0.25) is 0 Å². The molecule has 0 aliphatic carbocycles. The largest absolute Gasteiger partial charge is 0.496 e. The smallest absolute Gasteiger partial charge is 0.348 e. The van der Waals surface area contributed by atoms with Crippen molar-refractivity contribution in [2.75, 3.05) is 19.0 Å². The van der Waals surface area contributed by atoms with Gasteiger partial charge in [0.25, 0.3) is 11.6 Å². The van der Waals surface area contributed by atoms with Crippen LogP contribution in [0.4, 0.5) is 11.4 Å². The van der Waals surface area contributed by atoms with Gasteiger partial charge in [-0.25, -0.2) is 4.79 Å². The van der Waals surface area contributed by atoms with Gasteiger partial charge in [-0.05, 0) is 31.2 Å². The summed E-state index contributed by atoms with van der Waals surface area (Å²) in [6.45, 7) is 1.30. The molecule has 0 fully saturated rings. The van der Waals surface area contributed by atoms with Crippen LogP contribution >= 0.6 is 11.3 Å². The Balaban J connectivity index is 1.99. The number of amides is 1. The summed E-state index contributed by atoms with van der Waals surface area (Å²) in [5, 5.41) is 13.4. The fraction of sp³-hybridized carbons (Fsp3) is 0.200. The summed E-state index contributed by atoms with van der Waals surface area (Å²) >= 11 is 1.25. The van der Waals surface area contributed by atoms with E-state index in [4.69, 9.17) is 9.47 Å². The SMILES string of the molecule is COc1ccc(NC(=O)COC(=O)c2ccc(C)s2)c([N+](=O)[O-])c1. The Bertz CT molecular complexity index is 786. The molecule has 126 valence electrons. The van der Waals surface area contributed by atoms with Crippen LogP contribution in [0, 0.1) is 17.0 Å². The molecule has 0 radical (unpaired) electrons. The van der Waals surface area contributed by atoms with Crippen LogP contribution in [-0.4, -0.2) is 30.5 Å². The number of anilines is 1. The van der Waals surface area contributed by atoms with E-state index >= 15 is 0 Å². The molecule has 0 aliphatic rings. The number of hydrogen-bond acceptors (Lipinski definition) is 7. The summed E-state index contributed by atoms with van der Waals surface area (Å²) in [4.78, 5) is 35.3. The summed E-state index contributed by atoms with van der Waals surface area (Å²) in [5.74, 6) is -1.00. The molecule has 2 aromatic rings.